The zero-order valence-corrected chi connectivity index (χ0v) is 9.06. The summed E-state index contributed by atoms with van der Waals surface area (Å²) < 4.78 is 0. The van der Waals surface area contributed by atoms with Gasteiger partial charge in [0.1, 0.15) is 0 Å². The Balaban J connectivity index is 3.77. The van der Waals surface area contributed by atoms with Crippen molar-refractivity contribution in [3.8, 4) is 0 Å². The molecule has 6 heteroatoms. The van der Waals surface area contributed by atoms with Gasteiger partial charge >= 0.3 is 5.97 Å². The molecule has 3 N–H and O–H groups in total. The molecular weight excluding hydrogens is 200 g/mol. The van der Waals surface area contributed by atoms with Crippen LogP contribution in [0.4, 0.5) is 0 Å². The highest BCUT2D eigenvalue weighted by molar-refractivity contribution is 5.77. The van der Waals surface area contributed by atoms with Crippen LogP contribution in [-0.2, 0) is 9.59 Å². The lowest BCUT2D eigenvalue weighted by atomic mass is 10.2. The van der Waals surface area contributed by atoms with Gasteiger partial charge in [-0.2, -0.15) is 0 Å². The number of carbonyl (C=O) groups excluding carboxylic acids is 1. The van der Waals surface area contributed by atoms with Crippen molar-refractivity contribution in [3.63, 3.8) is 0 Å². The number of hydrogen-bond acceptors (Lipinski definition) is 4. The number of rotatable bonds is 7. The number of amides is 1. The lowest BCUT2D eigenvalue weighted by molar-refractivity contribution is -0.139. The van der Waals surface area contributed by atoms with Crippen LogP contribution in [0.5, 0.6) is 0 Å². The zero-order chi connectivity index (χ0) is 11.8. The third kappa shape index (κ3) is 7.90. The quantitative estimate of drug-likeness (QED) is 0.504. The van der Waals surface area contributed by atoms with Gasteiger partial charge in [0.15, 0.2) is 0 Å². The first-order chi connectivity index (χ1) is 6.95. The molecule has 1 atom stereocenters. The molecule has 0 aromatic heterocycles. The molecule has 0 rings (SSSR count). The molecule has 0 aliphatic carbocycles. The van der Waals surface area contributed by atoms with Crippen molar-refractivity contribution in [3.05, 3.63) is 0 Å². The van der Waals surface area contributed by atoms with Crippen molar-refractivity contribution in [2.24, 2.45) is 0 Å². The van der Waals surface area contributed by atoms with Crippen LogP contribution >= 0.6 is 0 Å². The molecular formula is C9H18N2O4. The Morgan fingerprint density at radius 1 is 1.47 bits per heavy atom. The van der Waals surface area contributed by atoms with E-state index in [4.69, 9.17) is 5.11 Å². The fraction of sp³-hybridized carbons (Fsp3) is 0.778. The molecule has 0 aromatic rings. The molecule has 6 nitrogen and oxygen atoms in total. The minimum atomic E-state index is -1.05. The second-order valence-corrected chi connectivity index (χ2v) is 3.40. The van der Waals surface area contributed by atoms with Gasteiger partial charge in [-0.25, -0.2) is 0 Å². The molecule has 0 aromatic carbocycles. The number of likely N-dealkylation sites (N-methyl/N-ethyl adjacent to an activating group) is 2. The molecule has 1 amide bonds. The first-order valence-electron chi connectivity index (χ1n) is 4.80. The summed E-state index contributed by atoms with van der Waals surface area (Å²) in [6.45, 7) is 2.70. The molecule has 0 aliphatic heterocycles. The monoisotopic (exact) mass is 218 g/mol. The topological polar surface area (TPSA) is 89.9 Å². The van der Waals surface area contributed by atoms with Crippen molar-refractivity contribution in [1.82, 2.24) is 10.2 Å². The fourth-order valence-electron chi connectivity index (χ4n) is 1.19. The zero-order valence-electron chi connectivity index (χ0n) is 9.06. The highest BCUT2D eigenvalue weighted by Gasteiger charge is 2.13. The van der Waals surface area contributed by atoms with E-state index in [1.165, 1.54) is 0 Å². The molecule has 0 spiro atoms. The third-order valence-electron chi connectivity index (χ3n) is 1.72. The number of aliphatic hydroxyl groups excluding tert-OH is 1. The maximum atomic E-state index is 11.1. The number of carboxylic acid groups (broad SMARTS) is 1. The van der Waals surface area contributed by atoms with E-state index in [1.54, 1.807) is 11.9 Å². The minimum Gasteiger partial charge on any atom is -0.481 e. The number of aliphatic hydroxyl groups is 1. The molecule has 0 radical (unpaired) electrons. The number of nitrogens with zero attached hydrogens (tertiary/aromatic N) is 1. The average molecular weight is 218 g/mol. The number of carboxylic acids is 1. The highest BCUT2D eigenvalue weighted by Crippen LogP contribution is 1.94. The molecule has 0 bridgehead atoms. The summed E-state index contributed by atoms with van der Waals surface area (Å²) >= 11 is 0. The highest BCUT2D eigenvalue weighted by atomic mass is 16.4. The predicted molar refractivity (Wildman–Crippen MR) is 54.4 cm³/mol. The van der Waals surface area contributed by atoms with Gasteiger partial charge in [-0.3, -0.25) is 14.5 Å². The van der Waals surface area contributed by atoms with Gasteiger partial charge in [0.2, 0.25) is 5.91 Å². The Morgan fingerprint density at radius 3 is 2.53 bits per heavy atom. The summed E-state index contributed by atoms with van der Waals surface area (Å²) in [5.41, 5.74) is 0. The number of aliphatic carboxylic acids is 1. The van der Waals surface area contributed by atoms with Crippen LogP contribution in [-0.4, -0.2) is 59.8 Å². The van der Waals surface area contributed by atoms with Gasteiger partial charge in [0, 0.05) is 13.1 Å². The Bertz CT molecular complexity index is 220. The van der Waals surface area contributed by atoms with E-state index in [9.17, 15) is 14.7 Å². The summed E-state index contributed by atoms with van der Waals surface area (Å²) in [5.74, 6) is -1.18. The average Bonchev–Trinajstić information content (AvgIpc) is 2.00. The molecule has 1 unspecified atom stereocenters. The SMILES string of the molecule is CCNC(=O)CN(C)CC(O)CC(=O)O. The Hall–Kier alpha value is -1.14. The van der Waals surface area contributed by atoms with Crippen molar-refractivity contribution in [2.75, 3.05) is 26.7 Å². The lowest BCUT2D eigenvalue weighted by Gasteiger charge is -2.18. The summed E-state index contributed by atoms with van der Waals surface area (Å²) in [7, 11) is 1.65. The van der Waals surface area contributed by atoms with E-state index in [0.29, 0.717) is 6.54 Å². The van der Waals surface area contributed by atoms with Crippen LogP contribution in [0.3, 0.4) is 0 Å². The van der Waals surface area contributed by atoms with Crippen LogP contribution in [0.25, 0.3) is 0 Å². The van der Waals surface area contributed by atoms with Gasteiger partial charge < -0.3 is 15.5 Å². The normalized spacial score (nSPS) is 12.5. The van der Waals surface area contributed by atoms with Gasteiger partial charge in [0.25, 0.3) is 0 Å². The number of hydrogen-bond donors (Lipinski definition) is 3. The first-order valence-corrected chi connectivity index (χ1v) is 4.80. The van der Waals surface area contributed by atoms with Crippen molar-refractivity contribution < 1.29 is 19.8 Å². The van der Waals surface area contributed by atoms with Crippen LogP contribution < -0.4 is 5.32 Å². The second kappa shape index (κ2) is 7.19. The summed E-state index contributed by atoms with van der Waals surface area (Å²) in [4.78, 5) is 22.9. The second-order valence-electron chi connectivity index (χ2n) is 3.40. The van der Waals surface area contributed by atoms with E-state index in [1.807, 2.05) is 6.92 Å². The Morgan fingerprint density at radius 2 is 2.07 bits per heavy atom. The van der Waals surface area contributed by atoms with Crippen molar-refractivity contribution in [1.29, 1.82) is 0 Å². The minimum absolute atomic E-state index is 0.137. The van der Waals surface area contributed by atoms with Crippen LogP contribution in [0.1, 0.15) is 13.3 Å². The Labute approximate surface area is 88.9 Å². The van der Waals surface area contributed by atoms with Crippen LogP contribution in [0.2, 0.25) is 0 Å². The molecule has 0 heterocycles. The molecule has 0 saturated carbocycles. The molecule has 0 aliphatic rings. The van der Waals surface area contributed by atoms with Crippen LogP contribution in [0.15, 0.2) is 0 Å². The van der Waals surface area contributed by atoms with Gasteiger partial charge in [-0.1, -0.05) is 0 Å². The Kier molecular flexibility index (Phi) is 6.64. The van der Waals surface area contributed by atoms with E-state index >= 15 is 0 Å². The molecule has 15 heavy (non-hydrogen) atoms. The van der Waals surface area contributed by atoms with Crippen LogP contribution in [0, 0.1) is 0 Å². The molecule has 0 saturated heterocycles. The maximum absolute atomic E-state index is 11.1. The maximum Gasteiger partial charge on any atom is 0.306 e. The van der Waals surface area contributed by atoms with Crippen molar-refractivity contribution >= 4 is 11.9 Å². The van der Waals surface area contributed by atoms with Gasteiger partial charge in [-0.05, 0) is 14.0 Å². The summed E-state index contributed by atoms with van der Waals surface area (Å²) in [6, 6.07) is 0. The van der Waals surface area contributed by atoms with E-state index in [2.05, 4.69) is 5.32 Å². The number of nitrogens with one attached hydrogen (secondary N) is 1. The first kappa shape index (κ1) is 13.9. The van der Waals surface area contributed by atoms with Gasteiger partial charge in [-0.15, -0.1) is 0 Å². The summed E-state index contributed by atoms with van der Waals surface area (Å²) in [5, 5.41) is 20.3. The standard InChI is InChI=1S/C9H18N2O4/c1-3-10-8(13)6-11(2)5-7(12)4-9(14)15/h7,12H,3-6H2,1-2H3,(H,10,13)(H,14,15). The van der Waals surface area contributed by atoms with Crippen molar-refractivity contribution in [2.45, 2.75) is 19.4 Å². The smallest absolute Gasteiger partial charge is 0.306 e. The van der Waals surface area contributed by atoms with Gasteiger partial charge in [0.05, 0.1) is 19.1 Å². The number of carbonyl (C=O) groups is 2. The third-order valence-corrected chi connectivity index (χ3v) is 1.72. The fourth-order valence-corrected chi connectivity index (χ4v) is 1.19. The lowest BCUT2D eigenvalue weighted by Crippen LogP contribution is -2.39. The largest absolute Gasteiger partial charge is 0.481 e. The summed E-state index contributed by atoms with van der Waals surface area (Å²) in [6.07, 6.45) is -1.25. The van der Waals surface area contributed by atoms with E-state index < -0.39 is 12.1 Å². The molecule has 0 fully saturated rings. The predicted octanol–water partition coefficient (Wildman–Crippen LogP) is -1.11. The van der Waals surface area contributed by atoms with E-state index in [0.717, 1.165) is 0 Å². The van der Waals surface area contributed by atoms with E-state index in [-0.39, 0.29) is 25.4 Å². The molecule has 88 valence electrons.